The maximum absolute atomic E-state index is 14.3. The first kappa shape index (κ1) is 17.7. The van der Waals surface area contributed by atoms with Gasteiger partial charge in [0.05, 0.1) is 6.10 Å². The lowest BCUT2D eigenvalue weighted by Crippen LogP contribution is -2.33. The van der Waals surface area contributed by atoms with Gasteiger partial charge in [0, 0.05) is 21.1 Å². The van der Waals surface area contributed by atoms with Gasteiger partial charge in [0.25, 0.3) is 0 Å². The molecule has 0 aromatic heterocycles. The molecule has 1 atom stereocenters. The van der Waals surface area contributed by atoms with Gasteiger partial charge < -0.3 is 10.5 Å². The highest BCUT2D eigenvalue weighted by Gasteiger charge is 2.29. The summed E-state index contributed by atoms with van der Waals surface area (Å²) in [7, 11) is 0.722. The van der Waals surface area contributed by atoms with Gasteiger partial charge in [-0.2, -0.15) is 0 Å². The van der Waals surface area contributed by atoms with E-state index in [1.807, 2.05) is 19.1 Å². The van der Waals surface area contributed by atoms with Crippen LogP contribution in [0.1, 0.15) is 23.6 Å². The second-order valence-corrected chi connectivity index (χ2v) is 9.28. The second kappa shape index (κ2) is 6.65. The molecule has 1 amide bonds. The van der Waals surface area contributed by atoms with E-state index in [-0.39, 0.29) is 11.9 Å². The molecule has 0 saturated carbocycles. The monoisotopic (exact) mass is 355 g/mol. The number of ether oxygens (including phenoxy) is 1. The largest absolute Gasteiger partial charge is 0.373 e. The fourth-order valence-electron chi connectivity index (χ4n) is 3.65. The summed E-state index contributed by atoms with van der Waals surface area (Å²) >= 11 is 0. The molecule has 0 bridgehead atoms. The van der Waals surface area contributed by atoms with Gasteiger partial charge in [0.15, 0.2) is 0 Å². The molecule has 5 heteroatoms. The van der Waals surface area contributed by atoms with Crippen molar-refractivity contribution in [3.05, 3.63) is 57.9 Å². The van der Waals surface area contributed by atoms with Crippen LogP contribution in [-0.4, -0.2) is 32.7 Å². The van der Waals surface area contributed by atoms with E-state index >= 15 is 0 Å². The number of hydrogen-bond acceptors (Lipinski definition) is 2. The first-order chi connectivity index (χ1) is 11.8. The zero-order valence-corrected chi connectivity index (χ0v) is 15.9. The van der Waals surface area contributed by atoms with Crippen LogP contribution >= 0.6 is 0 Å². The Morgan fingerprint density at radius 1 is 1.36 bits per heavy atom. The molecule has 1 aromatic rings. The Hall–Kier alpha value is -2.11. The number of hydrogen-bond donors (Lipinski definition) is 1. The third kappa shape index (κ3) is 2.98. The normalized spacial score (nSPS) is 19.2. The first-order valence-electron chi connectivity index (χ1n) is 8.26. The minimum Gasteiger partial charge on any atom is -0.373 e. The topological polar surface area (TPSA) is 52.3 Å². The molecule has 3 nitrogen and oxygen atoms in total. The molecule has 3 rings (SSSR count). The Balaban J connectivity index is 2.36. The summed E-state index contributed by atoms with van der Waals surface area (Å²) in [5.41, 5.74) is 10.5. The molecular weight excluding hydrogens is 333 g/mol. The summed E-state index contributed by atoms with van der Waals surface area (Å²) in [6.45, 7) is 6.31. The van der Waals surface area contributed by atoms with Crippen molar-refractivity contribution in [2.24, 2.45) is 5.73 Å². The van der Waals surface area contributed by atoms with E-state index in [4.69, 9.17) is 10.5 Å². The molecule has 0 aliphatic heterocycles. The van der Waals surface area contributed by atoms with Crippen molar-refractivity contribution >= 4 is 31.1 Å². The van der Waals surface area contributed by atoms with Gasteiger partial charge >= 0.3 is 0 Å². The third-order valence-electron chi connectivity index (χ3n) is 4.73. The third-order valence-corrected chi connectivity index (χ3v) is 6.35. The van der Waals surface area contributed by atoms with Gasteiger partial charge in [-0.25, -0.2) is 4.39 Å². The predicted octanol–water partition coefficient (Wildman–Crippen LogP) is 3.12. The SMILES string of the molecule is COC1C=CC(C(N)=O)=C(c2ccc(F)c3c2C=C(C)C3)C1=[Si](C)C. The molecule has 0 spiro atoms. The molecule has 1 unspecified atom stereocenters. The smallest absolute Gasteiger partial charge is 0.249 e. The van der Waals surface area contributed by atoms with Crippen molar-refractivity contribution in [2.75, 3.05) is 7.11 Å². The van der Waals surface area contributed by atoms with Gasteiger partial charge in [-0.1, -0.05) is 36.9 Å². The summed E-state index contributed by atoms with van der Waals surface area (Å²) < 4.78 is 19.9. The quantitative estimate of drug-likeness (QED) is 0.847. The van der Waals surface area contributed by atoms with E-state index in [1.165, 1.54) is 6.07 Å². The highest BCUT2D eigenvalue weighted by molar-refractivity contribution is 6.78. The van der Waals surface area contributed by atoms with Crippen LogP contribution in [0.25, 0.3) is 11.6 Å². The minimum atomic E-state index is -0.936. The van der Waals surface area contributed by atoms with Crippen molar-refractivity contribution in [1.29, 1.82) is 0 Å². The fourth-order valence-corrected chi connectivity index (χ4v) is 5.21. The lowest BCUT2D eigenvalue weighted by molar-refractivity contribution is -0.114. The van der Waals surface area contributed by atoms with E-state index in [0.29, 0.717) is 17.6 Å². The van der Waals surface area contributed by atoms with Crippen LogP contribution in [0.15, 0.2) is 35.4 Å². The van der Waals surface area contributed by atoms with E-state index in [1.54, 1.807) is 19.3 Å². The van der Waals surface area contributed by atoms with Crippen molar-refractivity contribution in [3.8, 4) is 0 Å². The lowest BCUT2D eigenvalue weighted by atomic mass is 9.86. The average Bonchev–Trinajstić information content (AvgIpc) is 2.96. The van der Waals surface area contributed by atoms with Gasteiger partial charge in [-0.05, 0) is 52.9 Å². The summed E-state index contributed by atoms with van der Waals surface area (Å²) in [4.78, 5) is 12.1. The predicted molar refractivity (Wildman–Crippen MR) is 102 cm³/mol. The highest BCUT2D eigenvalue weighted by Crippen LogP contribution is 2.37. The van der Waals surface area contributed by atoms with Crippen LogP contribution in [0.3, 0.4) is 0 Å². The van der Waals surface area contributed by atoms with Crippen molar-refractivity contribution < 1.29 is 13.9 Å². The highest BCUT2D eigenvalue weighted by atomic mass is 28.2. The van der Waals surface area contributed by atoms with E-state index < -0.39 is 14.3 Å². The Bertz CT molecular complexity index is 889. The zero-order valence-electron chi connectivity index (χ0n) is 14.9. The summed E-state index contributed by atoms with van der Waals surface area (Å²) in [6.07, 6.45) is 6.04. The minimum absolute atomic E-state index is 0.186. The number of halogens is 1. The molecule has 0 saturated heterocycles. The number of benzene rings is 1. The van der Waals surface area contributed by atoms with Crippen LogP contribution in [-0.2, 0) is 16.0 Å². The van der Waals surface area contributed by atoms with Crippen LogP contribution in [0.4, 0.5) is 4.39 Å². The first-order valence-corrected chi connectivity index (χ1v) is 10.8. The number of methoxy groups -OCH3 is 1. The second-order valence-electron chi connectivity index (χ2n) is 6.74. The van der Waals surface area contributed by atoms with Gasteiger partial charge in [0.1, 0.15) is 5.82 Å². The number of fused-ring (bicyclic) bond motifs is 1. The number of nitrogens with two attached hydrogens (primary N) is 1. The number of carbonyl (C=O) groups excluding carboxylic acids is 1. The number of carbonyl (C=O) groups is 1. The zero-order chi connectivity index (χ0) is 18.3. The maximum Gasteiger partial charge on any atom is 0.249 e. The lowest BCUT2D eigenvalue weighted by Gasteiger charge is -2.27. The molecule has 1 aromatic carbocycles. The Kier molecular flexibility index (Phi) is 4.71. The number of primary amides is 1. The molecular formula is C20H22FNO2Si. The molecule has 2 aliphatic carbocycles. The fraction of sp³-hybridized carbons (Fsp3) is 0.300. The molecule has 25 heavy (non-hydrogen) atoms. The summed E-state index contributed by atoms with van der Waals surface area (Å²) in [5, 5.41) is 1.09. The van der Waals surface area contributed by atoms with Gasteiger partial charge in [-0.15, -0.1) is 0 Å². The summed E-state index contributed by atoms with van der Waals surface area (Å²) in [6, 6.07) is 3.25. The van der Waals surface area contributed by atoms with Crippen LogP contribution in [0.5, 0.6) is 0 Å². The average molecular weight is 355 g/mol. The molecule has 0 heterocycles. The standard InChI is InChI=1S/C20H22FNO2Si/c1-11-9-14-12(5-7-16(21)15(14)10-11)18-13(20(22)23)6-8-17(24-2)19(18)25(3)4/h5-9,17H,10H2,1-4H3,(H2,22,23). The van der Waals surface area contributed by atoms with E-state index in [9.17, 15) is 9.18 Å². The maximum atomic E-state index is 14.3. The van der Waals surface area contributed by atoms with Crippen molar-refractivity contribution in [2.45, 2.75) is 32.5 Å². The van der Waals surface area contributed by atoms with E-state index in [0.717, 1.165) is 27.4 Å². The Morgan fingerprint density at radius 2 is 2.08 bits per heavy atom. The summed E-state index contributed by atoms with van der Waals surface area (Å²) in [5.74, 6) is -0.680. The van der Waals surface area contributed by atoms with Gasteiger partial charge in [-0.3, -0.25) is 4.79 Å². The molecule has 2 aliphatic rings. The van der Waals surface area contributed by atoms with Crippen molar-refractivity contribution in [3.63, 3.8) is 0 Å². The Morgan fingerprint density at radius 3 is 2.68 bits per heavy atom. The molecule has 130 valence electrons. The number of amides is 1. The van der Waals surface area contributed by atoms with Crippen LogP contribution < -0.4 is 5.73 Å². The number of rotatable bonds is 3. The van der Waals surface area contributed by atoms with Crippen LogP contribution in [0, 0.1) is 5.82 Å². The van der Waals surface area contributed by atoms with Crippen LogP contribution in [0.2, 0.25) is 13.1 Å². The molecule has 0 radical (unpaired) electrons. The van der Waals surface area contributed by atoms with Gasteiger partial charge in [0.2, 0.25) is 5.91 Å². The number of allylic oxidation sites excluding steroid dienone is 1. The Labute approximate surface area is 148 Å². The van der Waals surface area contributed by atoms with E-state index in [2.05, 4.69) is 13.1 Å². The molecule has 0 fully saturated rings. The van der Waals surface area contributed by atoms with Crippen molar-refractivity contribution in [1.82, 2.24) is 0 Å². The molecule has 2 N–H and O–H groups in total.